The first-order chi connectivity index (χ1) is 14.4. The fourth-order valence-corrected chi connectivity index (χ4v) is 5.94. The van der Waals surface area contributed by atoms with Crippen molar-refractivity contribution in [1.29, 1.82) is 5.26 Å². The molecule has 0 spiro atoms. The van der Waals surface area contributed by atoms with Crippen LogP contribution in [0.5, 0.6) is 0 Å². The van der Waals surface area contributed by atoms with E-state index in [1.165, 1.54) is 12.1 Å². The van der Waals surface area contributed by atoms with Gasteiger partial charge < -0.3 is 9.64 Å². The molecule has 4 rings (SSSR count). The number of methoxy groups -OCH3 is 1. The highest BCUT2D eigenvalue weighted by atomic mass is 32.2. The number of fused-ring (bicyclic) bond motifs is 3. The average molecular weight is 427 g/mol. The quantitative estimate of drug-likeness (QED) is 0.658. The van der Waals surface area contributed by atoms with Crippen LogP contribution in [0.3, 0.4) is 0 Å². The Balaban J connectivity index is 1.73. The maximum Gasteiger partial charge on any atom is 0.297 e. The van der Waals surface area contributed by atoms with Crippen molar-refractivity contribution in [1.82, 2.24) is 0 Å². The monoisotopic (exact) mass is 426 g/mol. The Morgan fingerprint density at radius 2 is 1.87 bits per heavy atom. The van der Waals surface area contributed by atoms with Crippen LogP contribution < -0.4 is 4.90 Å². The second kappa shape index (κ2) is 7.69. The van der Waals surface area contributed by atoms with E-state index in [9.17, 15) is 13.7 Å². The Morgan fingerprint density at radius 1 is 1.13 bits per heavy atom. The molecule has 7 heteroatoms. The molecule has 30 heavy (non-hydrogen) atoms. The first kappa shape index (κ1) is 20.9. The first-order valence-electron chi connectivity index (χ1n) is 10.1. The van der Waals surface area contributed by atoms with E-state index in [1.54, 1.807) is 19.2 Å². The summed E-state index contributed by atoms with van der Waals surface area (Å²) in [7, 11) is -2.36. The fraction of sp³-hybridized carbons (Fsp3) is 0.435. The molecule has 2 heterocycles. The van der Waals surface area contributed by atoms with Gasteiger partial charge in [-0.3, -0.25) is 4.18 Å². The lowest BCUT2D eigenvalue weighted by Crippen LogP contribution is -2.64. The minimum absolute atomic E-state index is 0.0986. The molecule has 2 aliphatic heterocycles. The van der Waals surface area contributed by atoms with Crippen LogP contribution in [0.2, 0.25) is 0 Å². The van der Waals surface area contributed by atoms with Crippen LogP contribution in [-0.4, -0.2) is 40.8 Å². The van der Waals surface area contributed by atoms with E-state index < -0.39 is 21.1 Å². The zero-order valence-corrected chi connectivity index (χ0v) is 18.1. The van der Waals surface area contributed by atoms with E-state index in [-0.39, 0.29) is 11.5 Å². The van der Waals surface area contributed by atoms with Gasteiger partial charge >= 0.3 is 0 Å². The van der Waals surface area contributed by atoms with Crippen molar-refractivity contribution >= 4 is 15.8 Å². The van der Waals surface area contributed by atoms with Crippen LogP contribution in [0.4, 0.5) is 5.69 Å². The molecule has 0 aromatic heterocycles. The van der Waals surface area contributed by atoms with Gasteiger partial charge in [-0.2, -0.15) is 13.7 Å². The number of hydrogen-bond acceptors (Lipinski definition) is 6. The molecule has 2 atom stereocenters. The second-order valence-electron chi connectivity index (χ2n) is 8.25. The summed E-state index contributed by atoms with van der Waals surface area (Å²) in [5.41, 5.74) is 1.41. The highest BCUT2D eigenvalue weighted by Gasteiger charge is 2.61. The second-order valence-corrected chi connectivity index (χ2v) is 9.86. The van der Waals surface area contributed by atoms with Crippen LogP contribution >= 0.6 is 0 Å². The minimum atomic E-state index is -3.98. The Morgan fingerprint density at radius 3 is 2.57 bits per heavy atom. The van der Waals surface area contributed by atoms with Crippen molar-refractivity contribution in [3.8, 4) is 6.07 Å². The normalized spacial score (nSPS) is 25.4. The van der Waals surface area contributed by atoms with Gasteiger partial charge in [0.15, 0.2) is 0 Å². The summed E-state index contributed by atoms with van der Waals surface area (Å²) >= 11 is 0. The summed E-state index contributed by atoms with van der Waals surface area (Å²) in [6.07, 6.45) is 2.07. The topological polar surface area (TPSA) is 79.6 Å². The number of rotatable bonds is 6. The Labute approximate surface area is 178 Å². The summed E-state index contributed by atoms with van der Waals surface area (Å²) < 4.78 is 36.9. The van der Waals surface area contributed by atoms with E-state index in [4.69, 9.17) is 8.92 Å². The summed E-state index contributed by atoms with van der Waals surface area (Å²) in [6, 6.07) is 17.0. The molecule has 0 N–H and O–H groups in total. The smallest absolute Gasteiger partial charge is 0.297 e. The van der Waals surface area contributed by atoms with E-state index in [2.05, 4.69) is 17.0 Å². The van der Waals surface area contributed by atoms with E-state index >= 15 is 0 Å². The van der Waals surface area contributed by atoms with Crippen LogP contribution in [0, 0.1) is 23.7 Å². The van der Waals surface area contributed by atoms with E-state index in [1.807, 2.05) is 25.1 Å². The molecule has 0 radical (unpaired) electrons. The van der Waals surface area contributed by atoms with Crippen molar-refractivity contribution in [2.45, 2.75) is 36.6 Å². The lowest BCUT2D eigenvalue weighted by molar-refractivity contribution is 0.0325. The van der Waals surface area contributed by atoms with Crippen molar-refractivity contribution in [3.05, 3.63) is 59.7 Å². The van der Waals surface area contributed by atoms with Crippen molar-refractivity contribution in [2.24, 2.45) is 5.41 Å². The van der Waals surface area contributed by atoms with Gasteiger partial charge in [0.05, 0.1) is 29.7 Å². The molecule has 0 amide bonds. The van der Waals surface area contributed by atoms with Gasteiger partial charge in [-0.05, 0) is 49.9 Å². The number of para-hydroxylation sites is 1. The molecule has 0 saturated carbocycles. The van der Waals surface area contributed by atoms with Gasteiger partial charge in [-0.1, -0.05) is 35.9 Å². The minimum Gasteiger partial charge on any atom is -0.382 e. The SMILES string of the molecule is COC[C@]12CCCN1c1ccccc1C[C@]2(C#N)COS(=O)(=O)c1ccc(C)cc1. The molecule has 6 nitrogen and oxygen atoms in total. The molecule has 0 unspecified atom stereocenters. The molecule has 0 aliphatic carbocycles. The van der Waals surface area contributed by atoms with Crippen LogP contribution in [0.15, 0.2) is 53.4 Å². The zero-order valence-electron chi connectivity index (χ0n) is 17.3. The third-order valence-corrected chi connectivity index (χ3v) is 7.80. The van der Waals surface area contributed by atoms with Gasteiger partial charge in [0, 0.05) is 19.3 Å². The number of ether oxygens (including phenoxy) is 1. The molecule has 0 bridgehead atoms. The maximum absolute atomic E-state index is 12.9. The Bertz CT molecular complexity index is 1080. The average Bonchev–Trinajstić information content (AvgIpc) is 3.18. The molecule has 1 fully saturated rings. The summed E-state index contributed by atoms with van der Waals surface area (Å²) in [5, 5.41) is 10.4. The molecule has 2 aromatic rings. The number of nitriles is 1. The molecule has 2 aromatic carbocycles. The Kier molecular flexibility index (Phi) is 5.35. The number of nitrogens with zero attached hydrogens (tertiary/aromatic N) is 2. The van der Waals surface area contributed by atoms with Gasteiger partial charge in [-0.25, -0.2) is 0 Å². The number of aryl methyl sites for hydroxylation is 1. The van der Waals surface area contributed by atoms with Gasteiger partial charge in [0.1, 0.15) is 5.41 Å². The number of hydrogen-bond donors (Lipinski definition) is 0. The first-order valence-corrected chi connectivity index (χ1v) is 11.5. The predicted molar refractivity (Wildman–Crippen MR) is 114 cm³/mol. The lowest BCUT2D eigenvalue weighted by Gasteiger charge is -2.53. The lowest BCUT2D eigenvalue weighted by atomic mass is 9.63. The molecular formula is C23H26N2O4S. The zero-order chi connectivity index (χ0) is 21.4. The van der Waals surface area contributed by atoms with Crippen LogP contribution in [0.25, 0.3) is 0 Å². The highest BCUT2D eigenvalue weighted by molar-refractivity contribution is 7.86. The molecular weight excluding hydrogens is 400 g/mol. The predicted octanol–water partition coefficient (Wildman–Crippen LogP) is 3.45. The molecule has 158 valence electrons. The molecule has 2 aliphatic rings. The van der Waals surface area contributed by atoms with Gasteiger partial charge in [0.25, 0.3) is 10.1 Å². The largest absolute Gasteiger partial charge is 0.382 e. The van der Waals surface area contributed by atoms with Crippen molar-refractivity contribution in [2.75, 3.05) is 31.8 Å². The number of benzene rings is 2. The van der Waals surface area contributed by atoms with Gasteiger partial charge in [0.2, 0.25) is 0 Å². The van der Waals surface area contributed by atoms with E-state index in [0.29, 0.717) is 13.0 Å². The van der Waals surface area contributed by atoms with E-state index in [0.717, 1.165) is 36.2 Å². The summed E-state index contributed by atoms with van der Waals surface area (Å²) in [5.74, 6) is 0. The highest BCUT2D eigenvalue weighted by Crippen LogP contribution is 2.53. The summed E-state index contributed by atoms with van der Waals surface area (Å²) in [6.45, 7) is 2.82. The standard InChI is InChI=1S/C23H26N2O4S/c1-18-8-10-20(11-9-18)30(26,27)29-16-22(15-24)14-19-6-3-4-7-21(19)25-13-5-12-23(22,25)17-28-2/h3-4,6-11H,5,12-14,16-17H2,1-2H3/t22-,23-/m0/s1. The number of anilines is 1. The maximum atomic E-state index is 12.9. The summed E-state index contributed by atoms with van der Waals surface area (Å²) in [4.78, 5) is 2.34. The van der Waals surface area contributed by atoms with Gasteiger partial charge in [-0.15, -0.1) is 0 Å². The third-order valence-electron chi connectivity index (χ3n) is 6.52. The molecule has 1 saturated heterocycles. The third kappa shape index (κ3) is 3.20. The van der Waals surface area contributed by atoms with Crippen molar-refractivity contribution < 1.29 is 17.3 Å². The Hall–Kier alpha value is -2.40. The van der Waals surface area contributed by atoms with Crippen LogP contribution in [-0.2, 0) is 25.5 Å². The fourth-order valence-electron chi connectivity index (χ4n) is 4.98. The van der Waals surface area contributed by atoms with Crippen LogP contribution in [0.1, 0.15) is 24.0 Å². The van der Waals surface area contributed by atoms with Crippen molar-refractivity contribution in [3.63, 3.8) is 0 Å².